The highest BCUT2D eigenvalue weighted by atomic mass is 32.2. The molecule has 0 aliphatic rings. The number of esters is 1. The average molecular weight is 774 g/mol. The van der Waals surface area contributed by atoms with Crippen LogP contribution in [0.4, 0.5) is 0 Å². The summed E-state index contributed by atoms with van der Waals surface area (Å²) in [7, 11) is 0. The number of carbonyl (C=O) groups excluding carboxylic acids is 4. The van der Waals surface area contributed by atoms with Gasteiger partial charge in [0, 0.05) is 45.3 Å². The number of carbonyl (C=O) groups is 5. The number of carboxylic acid groups (broad SMARTS) is 1. The quantitative estimate of drug-likeness (QED) is 0.0457. The fourth-order valence-electron chi connectivity index (χ4n) is 5.39. The number of ketones is 2. The maximum absolute atomic E-state index is 12.9. The van der Waals surface area contributed by atoms with Crippen LogP contribution in [0.1, 0.15) is 169 Å². The first kappa shape index (κ1) is 51.0. The lowest BCUT2D eigenvalue weighted by Crippen LogP contribution is -2.44. The van der Waals surface area contributed by atoms with Crippen molar-refractivity contribution in [3.8, 4) is 0 Å². The maximum Gasteiger partial charge on any atom is 0.329 e. The molecule has 0 saturated carbocycles. The van der Waals surface area contributed by atoms with E-state index in [0.717, 1.165) is 32.1 Å². The first-order valence-electron chi connectivity index (χ1n) is 20.5. The van der Waals surface area contributed by atoms with Gasteiger partial charge < -0.3 is 29.4 Å². The van der Waals surface area contributed by atoms with E-state index < -0.39 is 23.6 Å². The summed E-state index contributed by atoms with van der Waals surface area (Å²) >= 11 is 2.06. The SMILES string of the molecule is CCCCCCCCSCCCCCCCC(=O)NC(CCC(=O)CCCCOCCOCCOCCCCC(=O)CCC(=O)O)C(=O)OC(C)(C)C. The number of rotatable bonds is 39. The van der Waals surface area contributed by atoms with Gasteiger partial charge in [-0.3, -0.25) is 19.2 Å². The number of carboxylic acids is 1. The minimum absolute atomic E-state index is 0.0299. The smallest absolute Gasteiger partial charge is 0.329 e. The van der Waals surface area contributed by atoms with Crippen LogP contribution in [0.15, 0.2) is 0 Å². The van der Waals surface area contributed by atoms with Gasteiger partial charge in [0.1, 0.15) is 23.2 Å². The van der Waals surface area contributed by atoms with E-state index in [-0.39, 0.29) is 43.2 Å². The fourth-order valence-corrected chi connectivity index (χ4v) is 6.41. The van der Waals surface area contributed by atoms with Crippen molar-refractivity contribution < 1.29 is 48.0 Å². The van der Waals surface area contributed by atoms with Gasteiger partial charge in [-0.05, 0) is 83.6 Å². The van der Waals surface area contributed by atoms with Crippen LogP contribution in [0.2, 0.25) is 0 Å². The van der Waals surface area contributed by atoms with Gasteiger partial charge in [0.25, 0.3) is 0 Å². The summed E-state index contributed by atoms with van der Waals surface area (Å²) in [6, 6.07) is -0.837. The summed E-state index contributed by atoms with van der Waals surface area (Å²) in [5.74, 6) is 0.866. The molecule has 0 aromatic carbocycles. The normalized spacial score (nSPS) is 12.1. The lowest BCUT2D eigenvalue weighted by Gasteiger charge is -2.24. The first-order chi connectivity index (χ1) is 25.4. The van der Waals surface area contributed by atoms with Crippen molar-refractivity contribution in [2.45, 2.75) is 181 Å². The van der Waals surface area contributed by atoms with Crippen LogP contribution in [-0.4, -0.2) is 97.3 Å². The molecule has 0 aromatic rings. The molecule has 1 atom stereocenters. The Bertz CT molecular complexity index is 956. The molecule has 0 radical (unpaired) electrons. The number of amides is 1. The summed E-state index contributed by atoms with van der Waals surface area (Å²) in [5.41, 5.74) is -0.688. The molecule has 0 heterocycles. The summed E-state index contributed by atoms with van der Waals surface area (Å²) in [5, 5.41) is 11.4. The number of Topliss-reactive ketones (excluding diaryl/α,β-unsaturated/α-hetero) is 2. The topological polar surface area (TPSA) is 155 Å². The molecule has 0 fully saturated rings. The zero-order valence-corrected chi connectivity index (χ0v) is 34.6. The number of nitrogens with one attached hydrogen (secondary N) is 1. The molecule has 12 heteroatoms. The van der Waals surface area contributed by atoms with Gasteiger partial charge in [-0.1, -0.05) is 58.3 Å². The van der Waals surface area contributed by atoms with E-state index in [1.54, 1.807) is 20.8 Å². The third-order valence-corrected chi connectivity index (χ3v) is 9.58. The van der Waals surface area contributed by atoms with Crippen LogP contribution in [0.25, 0.3) is 0 Å². The minimum Gasteiger partial charge on any atom is -0.481 e. The molecule has 0 aliphatic heterocycles. The highest BCUT2D eigenvalue weighted by Gasteiger charge is 2.27. The Balaban J connectivity index is 3.97. The van der Waals surface area contributed by atoms with Crippen molar-refractivity contribution in [3.05, 3.63) is 0 Å². The van der Waals surface area contributed by atoms with Gasteiger partial charge in [-0.25, -0.2) is 4.79 Å². The largest absolute Gasteiger partial charge is 0.481 e. The van der Waals surface area contributed by atoms with Crippen molar-refractivity contribution in [3.63, 3.8) is 0 Å². The van der Waals surface area contributed by atoms with Crippen LogP contribution < -0.4 is 5.32 Å². The Hall–Kier alpha value is -2.02. The maximum atomic E-state index is 12.9. The molecule has 2 N–H and O–H groups in total. The minimum atomic E-state index is -0.953. The van der Waals surface area contributed by atoms with Crippen LogP contribution in [0.5, 0.6) is 0 Å². The highest BCUT2D eigenvalue weighted by molar-refractivity contribution is 7.99. The van der Waals surface area contributed by atoms with Gasteiger partial charge in [0.05, 0.1) is 32.8 Å². The lowest BCUT2D eigenvalue weighted by atomic mass is 10.0. The highest BCUT2D eigenvalue weighted by Crippen LogP contribution is 2.15. The van der Waals surface area contributed by atoms with E-state index in [9.17, 15) is 24.0 Å². The number of hydrogen-bond donors (Lipinski definition) is 2. The third kappa shape index (κ3) is 38.1. The molecule has 0 saturated heterocycles. The molecular formula is C41H75NO10S. The molecule has 310 valence electrons. The molecule has 0 rings (SSSR count). The van der Waals surface area contributed by atoms with Crippen molar-refractivity contribution in [2.75, 3.05) is 51.1 Å². The second-order valence-corrected chi connectivity index (χ2v) is 16.0. The zero-order chi connectivity index (χ0) is 39.4. The molecule has 53 heavy (non-hydrogen) atoms. The standard InChI is InChI=1S/C41H75NO10S/c1-5-6-7-8-11-18-33-53-34-19-12-9-10-13-22-38(45)42-37(40(48)52-41(2,3)4)25-23-35(43)20-14-16-27-49-29-31-51-32-30-50-28-17-15-21-36(44)24-26-39(46)47/h37H,5-34H2,1-4H3,(H,42,45)(H,46,47). The molecule has 0 aliphatic carbocycles. The number of hydrogen-bond acceptors (Lipinski definition) is 10. The molecule has 11 nitrogen and oxygen atoms in total. The summed E-state index contributed by atoms with van der Waals surface area (Å²) in [4.78, 5) is 60.2. The summed E-state index contributed by atoms with van der Waals surface area (Å²) in [6.07, 6.45) is 17.7. The molecule has 0 spiro atoms. The predicted octanol–water partition coefficient (Wildman–Crippen LogP) is 8.42. The fraction of sp³-hybridized carbons (Fsp3) is 0.878. The van der Waals surface area contributed by atoms with Crippen molar-refractivity contribution in [1.82, 2.24) is 5.32 Å². The van der Waals surface area contributed by atoms with E-state index in [2.05, 4.69) is 24.0 Å². The third-order valence-electron chi connectivity index (χ3n) is 8.42. The lowest BCUT2D eigenvalue weighted by molar-refractivity contribution is -0.159. The Kier molecular flexibility index (Phi) is 34.3. The Labute approximate surface area is 325 Å². The van der Waals surface area contributed by atoms with Crippen molar-refractivity contribution in [2.24, 2.45) is 0 Å². The summed E-state index contributed by atoms with van der Waals surface area (Å²) < 4.78 is 22.1. The van der Waals surface area contributed by atoms with Crippen LogP contribution >= 0.6 is 11.8 Å². The number of unbranched alkanes of at least 4 members (excludes halogenated alkanes) is 11. The van der Waals surface area contributed by atoms with Crippen LogP contribution in [-0.2, 0) is 42.9 Å². The Morgan fingerprint density at radius 3 is 1.57 bits per heavy atom. The van der Waals surface area contributed by atoms with Crippen molar-refractivity contribution in [1.29, 1.82) is 0 Å². The molecule has 1 unspecified atom stereocenters. The van der Waals surface area contributed by atoms with E-state index >= 15 is 0 Å². The van der Waals surface area contributed by atoms with E-state index in [4.69, 9.17) is 24.1 Å². The van der Waals surface area contributed by atoms with Crippen LogP contribution in [0.3, 0.4) is 0 Å². The second-order valence-electron chi connectivity index (χ2n) is 14.8. The van der Waals surface area contributed by atoms with Gasteiger partial charge in [-0.2, -0.15) is 11.8 Å². The van der Waals surface area contributed by atoms with Crippen LogP contribution in [0, 0.1) is 0 Å². The van der Waals surface area contributed by atoms with E-state index in [0.29, 0.717) is 71.7 Å². The summed E-state index contributed by atoms with van der Waals surface area (Å²) in [6.45, 7) is 10.4. The molecule has 0 aromatic heterocycles. The monoisotopic (exact) mass is 774 g/mol. The van der Waals surface area contributed by atoms with Gasteiger partial charge in [0.15, 0.2) is 0 Å². The van der Waals surface area contributed by atoms with Gasteiger partial charge >= 0.3 is 11.9 Å². The van der Waals surface area contributed by atoms with Gasteiger partial charge in [0.2, 0.25) is 5.91 Å². The predicted molar refractivity (Wildman–Crippen MR) is 212 cm³/mol. The number of aliphatic carboxylic acids is 1. The van der Waals surface area contributed by atoms with Crippen molar-refractivity contribution >= 4 is 41.2 Å². The van der Waals surface area contributed by atoms with Gasteiger partial charge in [-0.15, -0.1) is 0 Å². The zero-order valence-electron chi connectivity index (χ0n) is 33.8. The average Bonchev–Trinajstić information content (AvgIpc) is 3.10. The molecule has 1 amide bonds. The molecule has 0 bridgehead atoms. The van der Waals surface area contributed by atoms with E-state index in [1.165, 1.54) is 62.9 Å². The van der Waals surface area contributed by atoms with E-state index in [1.807, 2.05) is 0 Å². The molecular weight excluding hydrogens is 699 g/mol. The number of ether oxygens (including phenoxy) is 4. The number of thioether (sulfide) groups is 1. The first-order valence-corrected chi connectivity index (χ1v) is 21.7. The Morgan fingerprint density at radius 1 is 0.566 bits per heavy atom. The second kappa shape index (κ2) is 35.7. The Morgan fingerprint density at radius 2 is 1.04 bits per heavy atom.